The van der Waals surface area contributed by atoms with Gasteiger partial charge in [-0.05, 0) is 50.9 Å². The molecule has 2 nitrogen and oxygen atoms in total. The summed E-state index contributed by atoms with van der Waals surface area (Å²) in [5, 5.41) is 3.11. The first-order valence-electron chi connectivity index (χ1n) is 7.76. The van der Waals surface area contributed by atoms with Crippen molar-refractivity contribution in [1.82, 2.24) is 10.2 Å². The molecule has 1 aliphatic heterocycles. The maximum absolute atomic E-state index is 13.9. The van der Waals surface area contributed by atoms with Gasteiger partial charge in [0.25, 0.3) is 0 Å². The third-order valence-electron chi connectivity index (χ3n) is 4.42. The Kier molecular flexibility index (Phi) is 5.33. The van der Waals surface area contributed by atoms with Crippen LogP contribution in [0.4, 0.5) is 8.78 Å². The standard InChI is InChI=1S/C17H26F2N2/c1-17(2)9-5-10-21(12-17)11-8-15(20-3)13-6-4-7-14(18)16(13)19/h4,6-7,15,20H,5,8-12H2,1-3H3. The van der Waals surface area contributed by atoms with E-state index in [0.717, 1.165) is 26.1 Å². The van der Waals surface area contributed by atoms with Gasteiger partial charge in [0, 0.05) is 18.2 Å². The van der Waals surface area contributed by atoms with Crippen LogP contribution in [0.2, 0.25) is 0 Å². The van der Waals surface area contributed by atoms with Crippen LogP contribution in [0, 0.1) is 17.0 Å². The summed E-state index contributed by atoms with van der Waals surface area (Å²) in [6.45, 7) is 7.67. The zero-order chi connectivity index (χ0) is 15.5. The number of nitrogens with zero attached hydrogens (tertiary/aromatic N) is 1. The van der Waals surface area contributed by atoms with E-state index in [1.807, 2.05) is 0 Å². The molecule has 1 aliphatic rings. The Morgan fingerprint density at radius 1 is 1.33 bits per heavy atom. The number of hydrogen-bond acceptors (Lipinski definition) is 2. The van der Waals surface area contributed by atoms with Crippen molar-refractivity contribution in [3.05, 3.63) is 35.4 Å². The van der Waals surface area contributed by atoms with E-state index in [1.165, 1.54) is 18.9 Å². The van der Waals surface area contributed by atoms with Crippen molar-refractivity contribution < 1.29 is 8.78 Å². The number of nitrogens with one attached hydrogen (secondary N) is 1. The molecule has 1 saturated heterocycles. The number of benzene rings is 1. The number of hydrogen-bond donors (Lipinski definition) is 1. The maximum atomic E-state index is 13.9. The molecule has 1 unspecified atom stereocenters. The van der Waals surface area contributed by atoms with Crippen LogP contribution in [0.5, 0.6) is 0 Å². The summed E-state index contributed by atoms with van der Waals surface area (Å²) in [6, 6.07) is 4.26. The Balaban J connectivity index is 1.98. The third kappa shape index (κ3) is 4.24. The van der Waals surface area contributed by atoms with E-state index >= 15 is 0 Å². The van der Waals surface area contributed by atoms with E-state index in [4.69, 9.17) is 0 Å². The largest absolute Gasteiger partial charge is 0.313 e. The molecule has 1 aromatic carbocycles. The van der Waals surface area contributed by atoms with Crippen molar-refractivity contribution in [2.24, 2.45) is 5.41 Å². The Morgan fingerprint density at radius 3 is 2.76 bits per heavy atom. The van der Waals surface area contributed by atoms with E-state index in [-0.39, 0.29) is 6.04 Å². The zero-order valence-corrected chi connectivity index (χ0v) is 13.3. The van der Waals surface area contributed by atoms with Gasteiger partial charge in [-0.1, -0.05) is 26.0 Å². The molecule has 1 heterocycles. The summed E-state index contributed by atoms with van der Waals surface area (Å²) < 4.78 is 27.3. The van der Waals surface area contributed by atoms with Crippen molar-refractivity contribution in [2.45, 2.75) is 39.2 Å². The number of piperidine rings is 1. The molecule has 118 valence electrons. The fourth-order valence-electron chi connectivity index (χ4n) is 3.29. The lowest BCUT2D eigenvalue weighted by atomic mass is 9.84. The highest BCUT2D eigenvalue weighted by molar-refractivity contribution is 5.22. The molecule has 0 spiro atoms. The summed E-state index contributed by atoms with van der Waals surface area (Å²) in [6.07, 6.45) is 3.26. The first kappa shape index (κ1) is 16.4. The van der Waals surface area contributed by atoms with Crippen LogP contribution in [0.1, 0.15) is 44.7 Å². The Labute approximate surface area is 126 Å². The van der Waals surface area contributed by atoms with E-state index in [9.17, 15) is 8.78 Å². The third-order valence-corrected chi connectivity index (χ3v) is 4.42. The highest BCUT2D eigenvalue weighted by atomic mass is 19.2. The Bertz CT molecular complexity index is 474. The Hall–Kier alpha value is -1.00. The minimum atomic E-state index is -0.771. The van der Waals surface area contributed by atoms with Gasteiger partial charge in [-0.15, -0.1) is 0 Å². The van der Waals surface area contributed by atoms with Gasteiger partial charge in [-0.3, -0.25) is 0 Å². The second-order valence-corrected chi connectivity index (χ2v) is 6.82. The van der Waals surface area contributed by atoms with Crippen molar-refractivity contribution >= 4 is 0 Å². The van der Waals surface area contributed by atoms with Crippen molar-refractivity contribution in [1.29, 1.82) is 0 Å². The minimum Gasteiger partial charge on any atom is -0.313 e. The van der Waals surface area contributed by atoms with Gasteiger partial charge in [0.1, 0.15) is 0 Å². The summed E-state index contributed by atoms with van der Waals surface area (Å²) >= 11 is 0. The van der Waals surface area contributed by atoms with Gasteiger partial charge in [0.2, 0.25) is 0 Å². The minimum absolute atomic E-state index is 0.147. The predicted octanol–water partition coefficient (Wildman–Crippen LogP) is 3.74. The topological polar surface area (TPSA) is 15.3 Å². The lowest BCUT2D eigenvalue weighted by molar-refractivity contribution is 0.113. The van der Waals surface area contributed by atoms with Gasteiger partial charge in [-0.2, -0.15) is 0 Å². The second-order valence-electron chi connectivity index (χ2n) is 6.82. The molecule has 2 rings (SSSR count). The number of likely N-dealkylation sites (tertiary alicyclic amines) is 1. The van der Waals surface area contributed by atoms with Gasteiger partial charge < -0.3 is 10.2 Å². The molecule has 0 bridgehead atoms. The predicted molar refractivity (Wildman–Crippen MR) is 82.2 cm³/mol. The number of halogens is 2. The fourth-order valence-corrected chi connectivity index (χ4v) is 3.29. The molecule has 1 N–H and O–H groups in total. The van der Waals surface area contributed by atoms with E-state index in [0.29, 0.717) is 11.0 Å². The van der Waals surface area contributed by atoms with Gasteiger partial charge in [-0.25, -0.2) is 8.78 Å². The van der Waals surface area contributed by atoms with E-state index < -0.39 is 11.6 Å². The first-order chi connectivity index (χ1) is 9.93. The fraction of sp³-hybridized carbons (Fsp3) is 0.647. The van der Waals surface area contributed by atoms with E-state index in [1.54, 1.807) is 19.2 Å². The molecule has 0 aromatic heterocycles. The molecule has 21 heavy (non-hydrogen) atoms. The smallest absolute Gasteiger partial charge is 0.163 e. The molecular formula is C17H26F2N2. The lowest BCUT2D eigenvalue weighted by Gasteiger charge is -2.38. The summed E-state index contributed by atoms with van der Waals surface area (Å²) in [7, 11) is 1.80. The van der Waals surface area contributed by atoms with Crippen LogP contribution in [0.25, 0.3) is 0 Å². The SMILES string of the molecule is CNC(CCN1CCCC(C)(C)C1)c1cccc(F)c1F. The average Bonchev–Trinajstić information content (AvgIpc) is 2.43. The van der Waals surface area contributed by atoms with Crippen LogP contribution in [-0.2, 0) is 0 Å². The highest BCUT2D eigenvalue weighted by Crippen LogP contribution is 2.29. The van der Waals surface area contributed by atoms with Crippen LogP contribution in [-0.4, -0.2) is 31.6 Å². The normalized spacial score (nSPS) is 20.4. The van der Waals surface area contributed by atoms with Crippen molar-refractivity contribution in [3.63, 3.8) is 0 Å². The lowest BCUT2D eigenvalue weighted by Crippen LogP contribution is -2.41. The van der Waals surface area contributed by atoms with Gasteiger partial charge >= 0.3 is 0 Å². The average molecular weight is 296 g/mol. The quantitative estimate of drug-likeness (QED) is 0.890. The molecule has 0 radical (unpaired) electrons. The summed E-state index contributed by atoms with van der Waals surface area (Å²) in [5.74, 6) is -1.50. The van der Waals surface area contributed by atoms with Crippen LogP contribution >= 0.6 is 0 Å². The maximum Gasteiger partial charge on any atom is 0.163 e. The number of rotatable bonds is 5. The first-order valence-corrected chi connectivity index (χ1v) is 7.76. The molecule has 0 saturated carbocycles. The molecule has 4 heteroatoms. The molecule has 1 fully saturated rings. The van der Waals surface area contributed by atoms with Crippen molar-refractivity contribution in [2.75, 3.05) is 26.7 Å². The molecule has 0 amide bonds. The monoisotopic (exact) mass is 296 g/mol. The van der Waals surface area contributed by atoms with Crippen LogP contribution in [0.3, 0.4) is 0 Å². The van der Waals surface area contributed by atoms with Gasteiger partial charge in [0.05, 0.1) is 0 Å². The highest BCUT2D eigenvalue weighted by Gasteiger charge is 2.26. The molecular weight excluding hydrogens is 270 g/mol. The van der Waals surface area contributed by atoms with Crippen LogP contribution in [0.15, 0.2) is 18.2 Å². The molecule has 0 aliphatic carbocycles. The summed E-state index contributed by atoms with van der Waals surface area (Å²) in [5.41, 5.74) is 0.783. The van der Waals surface area contributed by atoms with Gasteiger partial charge in [0.15, 0.2) is 11.6 Å². The second kappa shape index (κ2) is 6.84. The van der Waals surface area contributed by atoms with E-state index in [2.05, 4.69) is 24.1 Å². The zero-order valence-electron chi connectivity index (χ0n) is 13.3. The molecule has 1 aromatic rings. The summed E-state index contributed by atoms with van der Waals surface area (Å²) in [4.78, 5) is 2.44. The van der Waals surface area contributed by atoms with Crippen LogP contribution < -0.4 is 5.32 Å². The molecule has 1 atom stereocenters. The van der Waals surface area contributed by atoms with Crippen molar-refractivity contribution in [3.8, 4) is 0 Å². The Morgan fingerprint density at radius 2 is 2.10 bits per heavy atom.